The highest BCUT2D eigenvalue weighted by atomic mass is 19.1. The molecule has 2 amide bonds. The zero-order valence-electron chi connectivity index (χ0n) is 17.1. The molecule has 1 fully saturated rings. The first kappa shape index (κ1) is 21.4. The van der Waals surface area contributed by atoms with Crippen molar-refractivity contribution in [3.63, 3.8) is 0 Å². The molecule has 1 atom stereocenters. The third kappa shape index (κ3) is 6.61. The number of halogens is 1. The maximum atomic E-state index is 13.2. The van der Waals surface area contributed by atoms with Gasteiger partial charge in [0, 0.05) is 37.6 Å². The lowest BCUT2D eigenvalue weighted by atomic mass is 10.0. The fraction of sp³-hybridized carbons (Fsp3) is 0.619. The molecule has 2 rings (SSSR count). The van der Waals surface area contributed by atoms with Gasteiger partial charge in [-0.25, -0.2) is 4.39 Å². The van der Waals surface area contributed by atoms with E-state index in [2.05, 4.69) is 24.1 Å². The maximum Gasteiger partial charge on any atom is 0.234 e. The van der Waals surface area contributed by atoms with Gasteiger partial charge in [-0.15, -0.1) is 0 Å². The van der Waals surface area contributed by atoms with E-state index in [0.717, 1.165) is 5.56 Å². The van der Waals surface area contributed by atoms with E-state index < -0.39 is 0 Å². The van der Waals surface area contributed by atoms with Crippen molar-refractivity contribution >= 4 is 11.8 Å². The second-order valence-electron chi connectivity index (χ2n) is 8.74. The van der Waals surface area contributed by atoms with Crippen LogP contribution in [0.4, 0.5) is 4.39 Å². The van der Waals surface area contributed by atoms with Crippen molar-refractivity contribution in [3.8, 4) is 0 Å². The molecular weight excluding hydrogens is 345 g/mol. The Balaban J connectivity index is 2.11. The summed E-state index contributed by atoms with van der Waals surface area (Å²) in [6, 6.07) is 6.29. The third-order valence-electron chi connectivity index (χ3n) is 4.73. The summed E-state index contributed by atoms with van der Waals surface area (Å²) in [5.41, 5.74) is 0.638. The summed E-state index contributed by atoms with van der Waals surface area (Å²) in [7, 11) is 0. The standard InChI is InChI=1S/C21H32FN3O2/c1-15(2)18-13-24(14-19(26)23-21(3,4)5)11-10-20(27)25(18)12-16-6-8-17(22)9-7-16/h6-9,15,18H,10-14H2,1-5H3,(H,23,26). The lowest BCUT2D eigenvalue weighted by molar-refractivity contribution is -0.134. The van der Waals surface area contributed by atoms with Crippen LogP contribution in [0, 0.1) is 11.7 Å². The summed E-state index contributed by atoms with van der Waals surface area (Å²) >= 11 is 0. The molecule has 1 aromatic carbocycles. The molecule has 1 unspecified atom stereocenters. The lowest BCUT2D eigenvalue weighted by Gasteiger charge is -2.35. The summed E-state index contributed by atoms with van der Waals surface area (Å²) in [6.07, 6.45) is 0.382. The smallest absolute Gasteiger partial charge is 0.234 e. The summed E-state index contributed by atoms with van der Waals surface area (Å²) in [6.45, 7) is 12.0. The summed E-state index contributed by atoms with van der Waals surface area (Å²) in [5.74, 6) is 0.0271. The number of hydrogen-bond donors (Lipinski definition) is 1. The second-order valence-corrected chi connectivity index (χ2v) is 8.74. The van der Waals surface area contributed by atoms with Crippen molar-refractivity contribution in [2.24, 2.45) is 5.92 Å². The highest BCUT2D eigenvalue weighted by Crippen LogP contribution is 2.21. The van der Waals surface area contributed by atoms with Crippen LogP contribution in [0.1, 0.15) is 46.6 Å². The molecule has 1 N–H and O–H groups in total. The zero-order chi connectivity index (χ0) is 20.2. The van der Waals surface area contributed by atoms with Gasteiger partial charge in [-0.05, 0) is 44.4 Å². The van der Waals surface area contributed by atoms with E-state index >= 15 is 0 Å². The Kier molecular flexibility index (Phi) is 6.98. The first-order valence-electron chi connectivity index (χ1n) is 9.62. The van der Waals surface area contributed by atoms with Gasteiger partial charge in [0.2, 0.25) is 11.8 Å². The molecule has 1 saturated heterocycles. The highest BCUT2D eigenvalue weighted by Gasteiger charge is 2.32. The Morgan fingerprint density at radius 3 is 2.44 bits per heavy atom. The molecule has 0 radical (unpaired) electrons. The SMILES string of the molecule is CC(C)C1CN(CC(=O)NC(C)(C)C)CCC(=O)N1Cc1ccc(F)cc1. The van der Waals surface area contributed by atoms with Crippen LogP contribution in [-0.4, -0.2) is 52.8 Å². The van der Waals surface area contributed by atoms with Gasteiger partial charge < -0.3 is 10.2 Å². The van der Waals surface area contributed by atoms with E-state index in [1.807, 2.05) is 25.7 Å². The van der Waals surface area contributed by atoms with Crippen molar-refractivity contribution in [2.75, 3.05) is 19.6 Å². The molecule has 150 valence electrons. The largest absolute Gasteiger partial charge is 0.350 e. The monoisotopic (exact) mass is 377 g/mol. The van der Waals surface area contributed by atoms with Crippen LogP contribution in [0.25, 0.3) is 0 Å². The molecule has 1 aromatic rings. The van der Waals surface area contributed by atoms with Gasteiger partial charge in [0.1, 0.15) is 5.82 Å². The van der Waals surface area contributed by atoms with Crippen LogP contribution >= 0.6 is 0 Å². The number of benzene rings is 1. The van der Waals surface area contributed by atoms with E-state index in [0.29, 0.717) is 26.1 Å². The fourth-order valence-corrected chi connectivity index (χ4v) is 3.40. The maximum absolute atomic E-state index is 13.2. The van der Waals surface area contributed by atoms with E-state index in [1.54, 1.807) is 12.1 Å². The van der Waals surface area contributed by atoms with Crippen LogP contribution in [0.5, 0.6) is 0 Å². The predicted octanol–water partition coefficient (Wildman–Crippen LogP) is 2.80. The van der Waals surface area contributed by atoms with Gasteiger partial charge in [-0.2, -0.15) is 0 Å². The number of nitrogens with one attached hydrogen (secondary N) is 1. The van der Waals surface area contributed by atoms with Crippen LogP contribution in [0.2, 0.25) is 0 Å². The van der Waals surface area contributed by atoms with E-state index in [9.17, 15) is 14.0 Å². The Morgan fingerprint density at radius 1 is 1.26 bits per heavy atom. The summed E-state index contributed by atoms with van der Waals surface area (Å²) in [4.78, 5) is 29.1. The summed E-state index contributed by atoms with van der Waals surface area (Å²) < 4.78 is 13.2. The van der Waals surface area contributed by atoms with E-state index in [-0.39, 0.29) is 41.7 Å². The molecular formula is C21H32FN3O2. The number of hydrogen-bond acceptors (Lipinski definition) is 3. The molecule has 5 nitrogen and oxygen atoms in total. The molecule has 0 aliphatic carbocycles. The highest BCUT2D eigenvalue weighted by molar-refractivity contribution is 5.79. The number of rotatable bonds is 5. The quantitative estimate of drug-likeness (QED) is 0.859. The lowest BCUT2D eigenvalue weighted by Crippen LogP contribution is -2.49. The molecule has 0 bridgehead atoms. The molecule has 0 aromatic heterocycles. The number of nitrogens with zero attached hydrogens (tertiary/aromatic N) is 2. The van der Waals surface area contributed by atoms with Gasteiger partial charge >= 0.3 is 0 Å². The fourth-order valence-electron chi connectivity index (χ4n) is 3.40. The van der Waals surface area contributed by atoms with Crippen LogP contribution in [0.15, 0.2) is 24.3 Å². The number of carbonyl (C=O) groups is 2. The minimum atomic E-state index is -0.280. The number of carbonyl (C=O) groups excluding carboxylic acids is 2. The van der Waals surface area contributed by atoms with Crippen LogP contribution < -0.4 is 5.32 Å². The second kappa shape index (κ2) is 8.83. The van der Waals surface area contributed by atoms with Crippen molar-refractivity contribution in [2.45, 2.75) is 59.2 Å². The molecule has 6 heteroatoms. The van der Waals surface area contributed by atoms with Crippen LogP contribution in [0.3, 0.4) is 0 Å². The first-order chi connectivity index (χ1) is 12.5. The third-order valence-corrected chi connectivity index (χ3v) is 4.73. The number of amides is 2. The van der Waals surface area contributed by atoms with Crippen LogP contribution in [-0.2, 0) is 16.1 Å². The minimum absolute atomic E-state index is 0.00693. The average molecular weight is 378 g/mol. The Labute approximate surface area is 161 Å². The minimum Gasteiger partial charge on any atom is -0.350 e. The van der Waals surface area contributed by atoms with Crippen molar-refractivity contribution in [3.05, 3.63) is 35.6 Å². The van der Waals surface area contributed by atoms with Gasteiger partial charge in [0.25, 0.3) is 0 Å². The van der Waals surface area contributed by atoms with Crippen molar-refractivity contribution < 1.29 is 14.0 Å². The Morgan fingerprint density at radius 2 is 1.89 bits per heavy atom. The van der Waals surface area contributed by atoms with Gasteiger partial charge in [-0.1, -0.05) is 26.0 Å². The molecule has 1 aliphatic heterocycles. The molecule has 0 saturated carbocycles. The molecule has 1 heterocycles. The summed E-state index contributed by atoms with van der Waals surface area (Å²) in [5, 5.41) is 2.98. The Hall–Kier alpha value is -1.95. The van der Waals surface area contributed by atoms with Gasteiger partial charge in [0.15, 0.2) is 0 Å². The van der Waals surface area contributed by atoms with E-state index in [4.69, 9.17) is 0 Å². The first-order valence-corrected chi connectivity index (χ1v) is 9.62. The topological polar surface area (TPSA) is 52.7 Å². The molecule has 0 spiro atoms. The van der Waals surface area contributed by atoms with Gasteiger partial charge in [0.05, 0.1) is 6.54 Å². The Bertz CT molecular complexity index is 652. The van der Waals surface area contributed by atoms with Crippen molar-refractivity contribution in [1.29, 1.82) is 0 Å². The zero-order valence-corrected chi connectivity index (χ0v) is 17.1. The van der Waals surface area contributed by atoms with Gasteiger partial charge in [-0.3, -0.25) is 14.5 Å². The van der Waals surface area contributed by atoms with E-state index in [1.165, 1.54) is 12.1 Å². The average Bonchev–Trinajstić information content (AvgIpc) is 2.68. The predicted molar refractivity (Wildman–Crippen MR) is 105 cm³/mol. The van der Waals surface area contributed by atoms with Crippen molar-refractivity contribution in [1.82, 2.24) is 15.1 Å². The molecule has 27 heavy (non-hydrogen) atoms. The normalized spacial score (nSPS) is 19.3. The molecule has 1 aliphatic rings.